The Morgan fingerprint density at radius 2 is 2.00 bits per heavy atom. The number of benzene rings is 1. The van der Waals surface area contributed by atoms with Gasteiger partial charge in [-0.15, -0.1) is 0 Å². The van der Waals surface area contributed by atoms with Crippen LogP contribution < -0.4 is 4.74 Å². The van der Waals surface area contributed by atoms with Gasteiger partial charge in [0.15, 0.2) is 0 Å². The second-order valence-corrected chi connectivity index (χ2v) is 7.29. The normalized spacial score (nSPS) is 28.0. The monoisotopic (exact) mass is 320 g/mol. The van der Waals surface area contributed by atoms with E-state index in [-0.39, 0.29) is 11.7 Å². The zero-order valence-electron chi connectivity index (χ0n) is 13.9. The van der Waals surface area contributed by atoms with Crippen molar-refractivity contribution in [3.8, 4) is 5.75 Å². The quantitative estimate of drug-likeness (QED) is 0.670. The zero-order chi connectivity index (χ0) is 16.8. The van der Waals surface area contributed by atoms with Gasteiger partial charge >= 0.3 is 0 Å². The summed E-state index contributed by atoms with van der Waals surface area (Å²) in [5.41, 5.74) is 0.0341. The molecule has 0 amide bonds. The number of hydrogen-bond donors (Lipinski definition) is 1. The fraction of sp³-hybridized carbons (Fsp3) is 0.647. The fourth-order valence-electron chi connectivity index (χ4n) is 3.57. The Morgan fingerprint density at radius 1 is 1.35 bits per heavy atom. The molecule has 1 saturated heterocycles. The Hall–Kier alpha value is -1.66. The molecule has 6 heteroatoms. The van der Waals surface area contributed by atoms with Crippen molar-refractivity contribution in [1.29, 1.82) is 0 Å². The molecule has 1 N–H and O–H groups in total. The molecule has 1 aromatic carbocycles. The third-order valence-electron chi connectivity index (χ3n) is 5.12. The van der Waals surface area contributed by atoms with E-state index >= 15 is 0 Å². The highest BCUT2D eigenvalue weighted by atomic mass is 16.6. The van der Waals surface area contributed by atoms with Crippen LogP contribution in [0, 0.1) is 16.0 Å². The van der Waals surface area contributed by atoms with Gasteiger partial charge in [0.1, 0.15) is 17.5 Å². The molecule has 6 nitrogen and oxygen atoms in total. The van der Waals surface area contributed by atoms with Gasteiger partial charge in [0.2, 0.25) is 0 Å². The third-order valence-corrected chi connectivity index (χ3v) is 5.12. The van der Waals surface area contributed by atoms with Crippen LogP contribution in [-0.4, -0.2) is 39.7 Å². The maximum atomic E-state index is 11.1. The first-order chi connectivity index (χ1) is 10.8. The van der Waals surface area contributed by atoms with Gasteiger partial charge in [-0.3, -0.25) is 15.0 Å². The number of ether oxygens (including phenoxy) is 1. The molecule has 2 unspecified atom stereocenters. The number of hydrogen-bond acceptors (Lipinski definition) is 5. The van der Waals surface area contributed by atoms with Gasteiger partial charge in [0.05, 0.1) is 11.0 Å². The summed E-state index contributed by atoms with van der Waals surface area (Å²) in [6, 6.07) is 4.40. The molecule has 0 aromatic heterocycles. The van der Waals surface area contributed by atoms with Gasteiger partial charge in [0, 0.05) is 17.7 Å². The predicted molar refractivity (Wildman–Crippen MR) is 86.5 cm³/mol. The SMILES string of the molecule is CC1CCN(C2c3cc([N+](=O)[O-])ccc3OC(C)(C)C2O)CC1. The Labute approximate surface area is 136 Å². The van der Waals surface area contributed by atoms with Crippen molar-refractivity contribution in [1.82, 2.24) is 4.90 Å². The van der Waals surface area contributed by atoms with Crippen LogP contribution in [0.25, 0.3) is 0 Å². The average molecular weight is 320 g/mol. The first kappa shape index (κ1) is 16.2. The molecule has 2 aliphatic heterocycles. The van der Waals surface area contributed by atoms with E-state index in [1.807, 2.05) is 13.8 Å². The highest BCUT2D eigenvalue weighted by Gasteiger charge is 2.46. The third kappa shape index (κ3) is 2.93. The highest BCUT2D eigenvalue weighted by Crippen LogP contribution is 2.45. The minimum absolute atomic E-state index is 0.0367. The van der Waals surface area contributed by atoms with Crippen molar-refractivity contribution >= 4 is 5.69 Å². The van der Waals surface area contributed by atoms with Crippen molar-refractivity contribution in [3.63, 3.8) is 0 Å². The number of likely N-dealkylation sites (tertiary alicyclic amines) is 1. The van der Waals surface area contributed by atoms with Crippen molar-refractivity contribution in [2.24, 2.45) is 5.92 Å². The van der Waals surface area contributed by atoms with Gasteiger partial charge in [-0.25, -0.2) is 0 Å². The van der Waals surface area contributed by atoms with E-state index in [1.54, 1.807) is 12.1 Å². The van der Waals surface area contributed by atoms with E-state index in [4.69, 9.17) is 4.74 Å². The summed E-state index contributed by atoms with van der Waals surface area (Å²) in [6.07, 6.45) is 1.43. The zero-order valence-corrected chi connectivity index (χ0v) is 13.9. The second-order valence-electron chi connectivity index (χ2n) is 7.29. The van der Waals surface area contributed by atoms with E-state index in [2.05, 4.69) is 11.8 Å². The first-order valence-corrected chi connectivity index (χ1v) is 8.19. The van der Waals surface area contributed by atoms with Crippen LogP contribution in [0.15, 0.2) is 18.2 Å². The van der Waals surface area contributed by atoms with Crippen LogP contribution in [0.1, 0.15) is 45.2 Å². The Bertz CT molecular complexity index is 609. The molecule has 126 valence electrons. The number of piperidine rings is 1. The lowest BCUT2D eigenvalue weighted by molar-refractivity contribution is -0.385. The van der Waals surface area contributed by atoms with E-state index in [0.717, 1.165) is 31.5 Å². The number of rotatable bonds is 2. The van der Waals surface area contributed by atoms with E-state index in [0.29, 0.717) is 11.7 Å². The van der Waals surface area contributed by atoms with Crippen LogP contribution in [0.2, 0.25) is 0 Å². The number of nitro benzene ring substituents is 1. The Kier molecular flexibility index (Phi) is 4.06. The minimum atomic E-state index is -0.731. The van der Waals surface area contributed by atoms with E-state index < -0.39 is 16.6 Å². The summed E-state index contributed by atoms with van der Waals surface area (Å²) in [7, 11) is 0. The molecule has 0 aliphatic carbocycles. The topological polar surface area (TPSA) is 75.8 Å². The molecule has 1 aromatic rings. The molecular weight excluding hydrogens is 296 g/mol. The smallest absolute Gasteiger partial charge is 0.270 e. The van der Waals surface area contributed by atoms with Gasteiger partial charge < -0.3 is 9.84 Å². The molecule has 2 aliphatic rings. The summed E-state index contributed by atoms with van der Waals surface area (Å²) in [4.78, 5) is 13.0. The van der Waals surface area contributed by atoms with Gasteiger partial charge in [-0.05, 0) is 51.8 Å². The van der Waals surface area contributed by atoms with Crippen LogP contribution >= 0.6 is 0 Å². The van der Waals surface area contributed by atoms with Crippen molar-refractivity contribution < 1.29 is 14.8 Å². The van der Waals surface area contributed by atoms with Crippen molar-refractivity contribution in [3.05, 3.63) is 33.9 Å². The molecule has 0 spiro atoms. The average Bonchev–Trinajstić information content (AvgIpc) is 2.49. The maximum Gasteiger partial charge on any atom is 0.270 e. The molecule has 0 radical (unpaired) electrons. The lowest BCUT2D eigenvalue weighted by Gasteiger charge is -2.47. The predicted octanol–water partition coefficient (Wildman–Crippen LogP) is 2.90. The molecule has 0 saturated carbocycles. The summed E-state index contributed by atoms with van der Waals surface area (Å²) in [6.45, 7) is 7.74. The lowest BCUT2D eigenvalue weighted by atomic mass is 9.84. The van der Waals surface area contributed by atoms with Crippen LogP contribution in [0.5, 0.6) is 5.75 Å². The second kappa shape index (κ2) is 5.76. The Morgan fingerprint density at radius 3 is 2.61 bits per heavy atom. The highest BCUT2D eigenvalue weighted by molar-refractivity contribution is 5.48. The molecule has 0 bridgehead atoms. The number of aliphatic hydroxyl groups excluding tert-OH is 1. The van der Waals surface area contributed by atoms with E-state index in [1.165, 1.54) is 6.07 Å². The van der Waals surface area contributed by atoms with Crippen LogP contribution in [-0.2, 0) is 0 Å². The maximum absolute atomic E-state index is 11.1. The number of aliphatic hydroxyl groups is 1. The summed E-state index contributed by atoms with van der Waals surface area (Å²) in [5.74, 6) is 1.32. The summed E-state index contributed by atoms with van der Waals surface area (Å²) in [5, 5.41) is 22.0. The summed E-state index contributed by atoms with van der Waals surface area (Å²) < 4.78 is 5.91. The molecule has 2 atom stereocenters. The number of fused-ring (bicyclic) bond motifs is 1. The van der Waals surface area contributed by atoms with Crippen molar-refractivity contribution in [2.45, 2.75) is 51.4 Å². The first-order valence-electron chi connectivity index (χ1n) is 8.19. The molecular formula is C17H24N2O4. The molecule has 2 heterocycles. The van der Waals surface area contributed by atoms with E-state index in [9.17, 15) is 15.2 Å². The lowest BCUT2D eigenvalue weighted by Crippen LogP contribution is -2.54. The molecule has 3 rings (SSSR count). The van der Waals surface area contributed by atoms with Crippen molar-refractivity contribution in [2.75, 3.05) is 13.1 Å². The number of nitro groups is 1. The van der Waals surface area contributed by atoms with Gasteiger partial charge in [0.25, 0.3) is 5.69 Å². The van der Waals surface area contributed by atoms with Crippen LogP contribution in [0.3, 0.4) is 0 Å². The fourth-order valence-corrected chi connectivity index (χ4v) is 3.57. The van der Waals surface area contributed by atoms with Gasteiger partial charge in [-0.2, -0.15) is 0 Å². The minimum Gasteiger partial charge on any atom is -0.485 e. The standard InChI is InChI=1S/C17H24N2O4/c1-11-6-8-18(9-7-11)15-13-10-12(19(21)22)4-5-14(13)23-17(2,3)16(15)20/h4-5,10-11,15-16,20H,6-9H2,1-3H3. The van der Waals surface area contributed by atoms with Gasteiger partial charge in [-0.1, -0.05) is 6.92 Å². The largest absolute Gasteiger partial charge is 0.485 e. The number of non-ortho nitro benzene ring substituents is 1. The summed E-state index contributed by atoms with van der Waals surface area (Å²) >= 11 is 0. The molecule has 1 fully saturated rings. The molecule has 23 heavy (non-hydrogen) atoms. The number of nitrogens with zero attached hydrogens (tertiary/aromatic N) is 2. The van der Waals surface area contributed by atoms with Crippen LogP contribution in [0.4, 0.5) is 5.69 Å². The Balaban J connectivity index is 2.02.